The van der Waals surface area contributed by atoms with Gasteiger partial charge in [-0.25, -0.2) is 0 Å². The maximum absolute atomic E-state index is 13.5. The Morgan fingerprint density at radius 2 is 1.79 bits per heavy atom. The number of fused-ring (bicyclic) bond motifs is 1. The summed E-state index contributed by atoms with van der Waals surface area (Å²) in [5, 5.41) is 6.50. The molecule has 1 aliphatic rings. The highest BCUT2D eigenvalue weighted by atomic mass is 32.1. The lowest BCUT2D eigenvalue weighted by Crippen LogP contribution is -2.51. The van der Waals surface area contributed by atoms with E-state index in [1.165, 1.54) is 0 Å². The summed E-state index contributed by atoms with van der Waals surface area (Å²) in [4.78, 5) is 6.81. The Bertz CT molecular complexity index is 1430. The number of methoxy groups -OCH3 is 1. The Kier molecular flexibility index (Phi) is 9.90. The lowest BCUT2D eigenvalue weighted by molar-refractivity contribution is -0.143. The molecule has 0 spiro atoms. The van der Waals surface area contributed by atoms with Crippen LogP contribution in [-0.2, 0) is 12.4 Å². The zero-order valence-corrected chi connectivity index (χ0v) is 24.8. The van der Waals surface area contributed by atoms with Crippen LogP contribution in [-0.4, -0.2) is 41.2 Å². The van der Waals surface area contributed by atoms with E-state index in [1.54, 1.807) is 19.4 Å². The highest BCUT2D eigenvalue weighted by Crippen LogP contribution is 2.38. The van der Waals surface area contributed by atoms with E-state index in [0.717, 1.165) is 30.5 Å². The third kappa shape index (κ3) is 7.59. The smallest absolute Gasteiger partial charge is 0.416 e. The van der Waals surface area contributed by atoms with Crippen LogP contribution >= 0.6 is 12.2 Å². The van der Waals surface area contributed by atoms with Gasteiger partial charge in [0.25, 0.3) is 0 Å². The number of nitrogens with zero attached hydrogens (tertiary/aromatic N) is 2. The van der Waals surface area contributed by atoms with E-state index in [-0.39, 0.29) is 23.1 Å². The molecule has 43 heavy (non-hydrogen) atoms. The summed E-state index contributed by atoms with van der Waals surface area (Å²) in [6, 6.07) is 7.97. The molecule has 232 valence electrons. The predicted octanol–water partition coefficient (Wildman–Crippen LogP) is 8.23. The number of ether oxygens (including phenoxy) is 1. The van der Waals surface area contributed by atoms with Crippen molar-refractivity contribution in [1.82, 2.24) is 15.2 Å². The summed E-state index contributed by atoms with van der Waals surface area (Å²) in [5.41, 5.74) is -1.77. The van der Waals surface area contributed by atoms with Gasteiger partial charge in [-0.05, 0) is 91.5 Å². The minimum atomic E-state index is -4.98. The first-order valence-corrected chi connectivity index (χ1v) is 14.3. The number of anilines is 1. The number of likely N-dealkylation sites (tertiary alicyclic amines) is 1. The molecule has 0 bridgehead atoms. The van der Waals surface area contributed by atoms with Crippen molar-refractivity contribution in [2.24, 2.45) is 11.8 Å². The van der Waals surface area contributed by atoms with Crippen molar-refractivity contribution in [3.05, 3.63) is 78.0 Å². The standard InChI is InChI=1S/C31H34F6N4OS/c1-5-19-17-41(12-10-18(19)3)27(6-2)28(24-9-11-38-26-8-7-23(42-4)16-25(24)26)40-29(43)39-22-14-20(30(32,33)34)13-21(15-22)31(35,36)37/h5,7-9,11,13-16,18-19,27-28H,1,6,10,12,17H2,2-4H3,(H2,39,40,43)/t18?,19?,27?,28-/m1/s1. The third-order valence-corrected chi connectivity index (χ3v) is 8.29. The number of thiocarbonyl (C=S) groups is 1. The Morgan fingerprint density at radius 3 is 2.37 bits per heavy atom. The topological polar surface area (TPSA) is 49.4 Å². The van der Waals surface area contributed by atoms with Gasteiger partial charge in [0.2, 0.25) is 0 Å². The minimum absolute atomic E-state index is 0.0848. The van der Waals surface area contributed by atoms with Crippen molar-refractivity contribution in [3.8, 4) is 5.75 Å². The zero-order chi connectivity index (χ0) is 31.5. The third-order valence-electron chi connectivity index (χ3n) is 8.07. The van der Waals surface area contributed by atoms with Crippen LogP contribution in [0.2, 0.25) is 0 Å². The fourth-order valence-corrected chi connectivity index (χ4v) is 5.94. The van der Waals surface area contributed by atoms with E-state index in [9.17, 15) is 26.3 Å². The van der Waals surface area contributed by atoms with Gasteiger partial charge in [-0.2, -0.15) is 26.3 Å². The van der Waals surface area contributed by atoms with Gasteiger partial charge in [0.15, 0.2) is 5.11 Å². The van der Waals surface area contributed by atoms with Crippen LogP contribution in [0.5, 0.6) is 5.75 Å². The second-order valence-electron chi connectivity index (χ2n) is 10.8. The number of hydrogen-bond acceptors (Lipinski definition) is 4. The molecule has 4 atom stereocenters. The Hall–Kier alpha value is -3.38. The van der Waals surface area contributed by atoms with Gasteiger partial charge in [-0.15, -0.1) is 6.58 Å². The maximum Gasteiger partial charge on any atom is 0.416 e. The molecule has 1 aromatic heterocycles. The number of hydrogen-bond donors (Lipinski definition) is 2. The second kappa shape index (κ2) is 13.1. The molecule has 0 amide bonds. The number of alkyl halides is 6. The number of pyridine rings is 1. The van der Waals surface area contributed by atoms with Crippen LogP contribution in [0.25, 0.3) is 10.9 Å². The van der Waals surface area contributed by atoms with Crippen LogP contribution in [0, 0.1) is 11.8 Å². The van der Waals surface area contributed by atoms with Gasteiger partial charge in [0.05, 0.1) is 29.8 Å². The van der Waals surface area contributed by atoms with Crippen molar-refractivity contribution in [2.75, 3.05) is 25.5 Å². The summed E-state index contributed by atoms with van der Waals surface area (Å²) in [6.45, 7) is 9.77. The number of benzene rings is 2. The van der Waals surface area contributed by atoms with E-state index in [2.05, 4.69) is 34.0 Å². The highest BCUT2D eigenvalue weighted by Gasteiger charge is 2.38. The van der Waals surface area contributed by atoms with Crippen LogP contribution in [0.4, 0.5) is 32.0 Å². The van der Waals surface area contributed by atoms with Gasteiger partial charge >= 0.3 is 12.4 Å². The van der Waals surface area contributed by atoms with Crippen molar-refractivity contribution in [3.63, 3.8) is 0 Å². The van der Waals surface area contributed by atoms with Gasteiger partial charge in [0, 0.05) is 29.9 Å². The van der Waals surface area contributed by atoms with Crippen molar-refractivity contribution >= 4 is 33.9 Å². The highest BCUT2D eigenvalue weighted by molar-refractivity contribution is 7.80. The Balaban J connectivity index is 1.75. The largest absolute Gasteiger partial charge is 0.497 e. The SMILES string of the molecule is C=CC1CN(C(CC)[C@H](NC(=S)Nc2cc(C(F)(F)F)cc(C(F)(F)F)c2)c2ccnc3ccc(OC)cc23)CCC1C. The average molecular weight is 625 g/mol. The fraction of sp³-hybridized carbons (Fsp3) is 0.419. The first kappa shape index (κ1) is 32.5. The van der Waals surface area contributed by atoms with Crippen LogP contribution < -0.4 is 15.4 Å². The van der Waals surface area contributed by atoms with Gasteiger partial charge in [-0.3, -0.25) is 9.88 Å². The van der Waals surface area contributed by atoms with Crippen LogP contribution in [0.1, 0.15) is 49.4 Å². The molecule has 5 nitrogen and oxygen atoms in total. The molecule has 4 rings (SSSR count). The lowest BCUT2D eigenvalue weighted by Gasteiger charge is -2.43. The monoisotopic (exact) mass is 624 g/mol. The molecule has 0 saturated carbocycles. The quantitative estimate of drug-likeness (QED) is 0.150. The summed E-state index contributed by atoms with van der Waals surface area (Å²) in [5.74, 6) is 1.32. The van der Waals surface area contributed by atoms with Crippen molar-refractivity contribution < 1.29 is 31.1 Å². The molecule has 3 unspecified atom stereocenters. The molecule has 0 radical (unpaired) electrons. The minimum Gasteiger partial charge on any atom is -0.497 e. The molecule has 1 aliphatic heterocycles. The predicted molar refractivity (Wildman–Crippen MR) is 160 cm³/mol. The van der Waals surface area contributed by atoms with E-state index >= 15 is 0 Å². The Labute approximate surface area is 252 Å². The number of rotatable bonds is 8. The number of aromatic nitrogens is 1. The molecule has 2 aromatic carbocycles. The molecule has 3 aromatic rings. The number of piperidine rings is 1. The molecule has 1 fully saturated rings. The molecule has 1 saturated heterocycles. The fourth-order valence-electron chi connectivity index (χ4n) is 5.70. The van der Waals surface area contributed by atoms with E-state index in [0.29, 0.717) is 35.7 Å². The van der Waals surface area contributed by atoms with E-state index in [4.69, 9.17) is 17.0 Å². The normalized spacial score (nSPS) is 19.5. The zero-order valence-electron chi connectivity index (χ0n) is 24.0. The molecule has 2 heterocycles. The summed E-state index contributed by atoms with van der Waals surface area (Å²) >= 11 is 5.53. The van der Waals surface area contributed by atoms with Crippen LogP contribution in [0.15, 0.2) is 61.3 Å². The molecule has 12 heteroatoms. The summed E-state index contributed by atoms with van der Waals surface area (Å²) in [7, 11) is 1.55. The van der Waals surface area contributed by atoms with Crippen molar-refractivity contribution in [1.29, 1.82) is 0 Å². The first-order valence-electron chi connectivity index (χ1n) is 13.9. The van der Waals surface area contributed by atoms with E-state index in [1.807, 2.05) is 31.2 Å². The maximum atomic E-state index is 13.5. The number of halogens is 6. The average Bonchev–Trinajstić information content (AvgIpc) is 2.96. The lowest BCUT2D eigenvalue weighted by atomic mass is 9.84. The molecular weight excluding hydrogens is 590 g/mol. The van der Waals surface area contributed by atoms with Gasteiger partial charge in [0.1, 0.15) is 5.75 Å². The number of nitrogens with one attached hydrogen (secondary N) is 2. The van der Waals surface area contributed by atoms with E-state index < -0.39 is 35.2 Å². The van der Waals surface area contributed by atoms with Crippen molar-refractivity contribution in [2.45, 2.75) is 51.1 Å². The second-order valence-corrected chi connectivity index (χ2v) is 11.2. The van der Waals surface area contributed by atoms with Gasteiger partial charge < -0.3 is 15.4 Å². The Morgan fingerprint density at radius 1 is 1.12 bits per heavy atom. The molecule has 0 aliphatic carbocycles. The van der Waals surface area contributed by atoms with Gasteiger partial charge in [-0.1, -0.05) is 19.9 Å². The molecule has 2 N–H and O–H groups in total. The summed E-state index contributed by atoms with van der Waals surface area (Å²) < 4.78 is 86.4. The van der Waals surface area contributed by atoms with Crippen LogP contribution in [0.3, 0.4) is 0 Å². The summed E-state index contributed by atoms with van der Waals surface area (Å²) in [6.07, 6.45) is -4.73. The molecular formula is C31H34F6N4OS. The first-order chi connectivity index (χ1) is 20.2.